The van der Waals surface area contributed by atoms with Crippen LogP contribution in [-0.2, 0) is 11.2 Å². The van der Waals surface area contributed by atoms with Gasteiger partial charge >= 0.3 is 5.97 Å². The van der Waals surface area contributed by atoms with Crippen LogP contribution in [0.25, 0.3) is 5.65 Å². The Bertz CT molecular complexity index is 694. The highest BCUT2D eigenvalue weighted by molar-refractivity contribution is 5.95. The monoisotopic (exact) mass is 273 g/mol. The molecule has 0 saturated heterocycles. The van der Waals surface area contributed by atoms with Gasteiger partial charge in [0.25, 0.3) is 0 Å². The number of hydrogen-bond acceptors (Lipinski definition) is 5. The fraction of sp³-hybridized carbons (Fsp3) is 0.500. The third-order valence-corrected chi connectivity index (χ3v) is 4.11. The molecule has 0 N–H and O–H groups in total. The van der Waals surface area contributed by atoms with Crippen molar-refractivity contribution in [3.05, 3.63) is 23.7 Å². The SMILES string of the molecule is CCOC(=O)c1cnn2cc3c(nc12)CC1CCC1O3. The van der Waals surface area contributed by atoms with Crippen LogP contribution in [0.3, 0.4) is 0 Å². The summed E-state index contributed by atoms with van der Waals surface area (Å²) in [4.78, 5) is 16.4. The molecule has 0 amide bonds. The summed E-state index contributed by atoms with van der Waals surface area (Å²) in [7, 11) is 0. The first-order valence-electron chi connectivity index (χ1n) is 6.97. The molecule has 4 rings (SSSR count). The quantitative estimate of drug-likeness (QED) is 0.778. The van der Waals surface area contributed by atoms with E-state index in [0.717, 1.165) is 24.3 Å². The minimum Gasteiger partial charge on any atom is -0.487 e. The Labute approximate surface area is 115 Å². The number of carbonyl (C=O) groups excluding carboxylic acids is 1. The smallest absolute Gasteiger partial charge is 0.343 e. The molecule has 0 aromatic carbocycles. The van der Waals surface area contributed by atoms with Crippen LogP contribution in [0, 0.1) is 5.92 Å². The molecule has 6 nitrogen and oxygen atoms in total. The zero-order chi connectivity index (χ0) is 13.7. The van der Waals surface area contributed by atoms with Gasteiger partial charge in [-0.25, -0.2) is 14.3 Å². The second-order valence-electron chi connectivity index (χ2n) is 5.30. The fourth-order valence-corrected chi connectivity index (χ4v) is 2.87. The van der Waals surface area contributed by atoms with Crippen LogP contribution in [0.2, 0.25) is 0 Å². The standard InChI is InChI=1S/C14H15N3O3/c1-2-19-14(18)9-6-15-17-7-12-10(16-13(9)17)5-8-3-4-11(8)20-12/h6-8,11H,2-5H2,1H3. The Morgan fingerprint density at radius 1 is 1.55 bits per heavy atom. The van der Waals surface area contributed by atoms with Crippen molar-refractivity contribution >= 4 is 11.6 Å². The number of rotatable bonds is 2. The van der Waals surface area contributed by atoms with Crippen LogP contribution in [0.1, 0.15) is 35.8 Å². The molecule has 1 fully saturated rings. The zero-order valence-corrected chi connectivity index (χ0v) is 11.2. The lowest BCUT2D eigenvalue weighted by Crippen LogP contribution is -2.41. The van der Waals surface area contributed by atoms with E-state index in [-0.39, 0.29) is 5.97 Å². The molecule has 2 aliphatic rings. The Balaban J connectivity index is 1.78. The average Bonchev–Trinajstić information content (AvgIpc) is 2.82. The number of nitrogens with zero attached hydrogens (tertiary/aromatic N) is 3. The van der Waals surface area contributed by atoms with E-state index in [4.69, 9.17) is 9.47 Å². The van der Waals surface area contributed by atoms with Crippen LogP contribution in [0.5, 0.6) is 5.75 Å². The summed E-state index contributed by atoms with van der Waals surface area (Å²) in [5.41, 5.74) is 1.87. The van der Waals surface area contributed by atoms with E-state index < -0.39 is 0 Å². The third-order valence-electron chi connectivity index (χ3n) is 4.11. The molecule has 0 bridgehead atoms. The summed E-state index contributed by atoms with van der Waals surface area (Å²) in [6.07, 6.45) is 6.89. The van der Waals surface area contributed by atoms with E-state index in [2.05, 4.69) is 10.1 Å². The lowest BCUT2D eigenvalue weighted by atomic mass is 9.77. The van der Waals surface area contributed by atoms with Crippen molar-refractivity contribution in [1.29, 1.82) is 0 Å². The van der Waals surface area contributed by atoms with E-state index in [1.54, 1.807) is 11.4 Å². The van der Waals surface area contributed by atoms with Crippen molar-refractivity contribution in [1.82, 2.24) is 14.6 Å². The molecular formula is C14H15N3O3. The molecule has 1 saturated carbocycles. The van der Waals surface area contributed by atoms with Gasteiger partial charge in [-0.05, 0) is 26.2 Å². The van der Waals surface area contributed by atoms with Crippen LogP contribution >= 0.6 is 0 Å². The predicted molar refractivity (Wildman–Crippen MR) is 69.8 cm³/mol. The van der Waals surface area contributed by atoms with Crippen molar-refractivity contribution in [2.24, 2.45) is 5.92 Å². The number of esters is 1. The van der Waals surface area contributed by atoms with Gasteiger partial charge in [0.2, 0.25) is 0 Å². The van der Waals surface area contributed by atoms with Gasteiger partial charge in [0.15, 0.2) is 11.4 Å². The Kier molecular flexibility index (Phi) is 2.45. The normalized spacial score (nSPS) is 23.4. The van der Waals surface area contributed by atoms with Crippen molar-refractivity contribution < 1.29 is 14.3 Å². The molecule has 2 atom stereocenters. The molecule has 20 heavy (non-hydrogen) atoms. The van der Waals surface area contributed by atoms with Crippen LogP contribution in [0.4, 0.5) is 0 Å². The highest BCUT2D eigenvalue weighted by Gasteiger charge is 2.38. The highest BCUT2D eigenvalue weighted by Crippen LogP contribution is 2.40. The van der Waals surface area contributed by atoms with E-state index in [1.165, 1.54) is 12.6 Å². The average molecular weight is 273 g/mol. The molecule has 6 heteroatoms. The number of fused-ring (bicyclic) bond motifs is 3. The summed E-state index contributed by atoms with van der Waals surface area (Å²) >= 11 is 0. The summed E-state index contributed by atoms with van der Waals surface area (Å²) in [5.74, 6) is 0.983. The zero-order valence-electron chi connectivity index (χ0n) is 11.2. The van der Waals surface area contributed by atoms with Gasteiger partial charge in [-0.3, -0.25) is 0 Å². The Hall–Kier alpha value is -2.11. The number of aromatic nitrogens is 3. The highest BCUT2D eigenvalue weighted by atomic mass is 16.5. The van der Waals surface area contributed by atoms with E-state index in [0.29, 0.717) is 29.8 Å². The molecule has 0 radical (unpaired) electrons. The maximum absolute atomic E-state index is 11.9. The molecular weight excluding hydrogens is 258 g/mol. The maximum atomic E-state index is 11.9. The molecule has 3 heterocycles. The lowest BCUT2D eigenvalue weighted by molar-refractivity contribution is 0.0278. The predicted octanol–water partition coefficient (Wildman–Crippen LogP) is 1.62. The van der Waals surface area contributed by atoms with Crippen molar-refractivity contribution in [2.45, 2.75) is 32.3 Å². The van der Waals surface area contributed by atoms with Gasteiger partial charge < -0.3 is 9.47 Å². The van der Waals surface area contributed by atoms with E-state index in [9.17, 15) is 4.79 Å². The molecule has 1 aliphatic heterocycles. The van der Waals surface area contributed by atoms with Gasteiger partial charge in [-0.2, -0.15) is 5.10 Å². The topological polar surface area (TPSA) is 65.7 Å². The lowest BCUT2D eigenvalue weighted by Gasteiger charge is -2.40. The van der Waals surface area contributed by atoms with Crippen LogP contribution in [0.15, 0.2) is 12.4 Å². The van der Waals surface area contributed by atoms with E-state index >= 15 is 0 Å². The minimum atomic E-state index is -0.381. The van der Waals surface area contributed by atoms with Gasteiger partial charge in [-0.1, -0.05) is 0 Å². The third kappa shape index (κ3) is 1.60. The molecule has 2 unspecified atom stereocenters. The van der Waals surface area contributed by atoms with Crippen LogP contribution < -0.4 is 4.74 Å². The Morgan fingerprint density at radius 3 is 3.20 bits per heavy atom. The summed E-state index contributed by atoms with van der Waals surface area (Å²) in [6.45, 7) is 2.12. The minimum absolute atomic E-state index is 0.335. The van der Waals surface area contributed by atoms with Crippen LogP contribution in [-0.4, -0.2) is 33.3 Å². The maximum Gasteiger partial charge on any atom is 0.343 e. The summed E-state index contributed by atoms with van der Waals surface area (Å²) in [6, 6.07) is 0. The molecule has 1 aliphatic carbocycles. The molecule has 2 aromatic heterocycles. The fourth-order valence-electron chi connectivity index (χ4n) is 2.87. The second kappa shape index (κ2) is 4.19. The second-order valence-corrected chi connectivity index (χ2v) is 5.30. The molecule has 104 valence electrons. The summed E-state index contributed by atoms with van der Waals surface area (Å²) in [5, 5.41) is 4.17. The largest absolute Gasteiger partial charge is 0.487 e. The van der Waals surface area contributed by atoms with Crippen molar-refractivity contribution in [3.8, 4) is 5.75 Å². The summed E-state index contributed by atoms with van der Waals surface area (Å²) < 4.78 is 12.5. The van der Waals surface area contributed by atoms with Crippen molar-refractivity contribution in [3.63, 3.8) is 0 Å². The first-order valence-corrected chi connectivity index (χ1v) is 6.97. The number of carbonyl (C=O) groups is 1. The van der Waals surface area contributed by atoms with Gasteiger partial charge in [0, 0.05) is 5.92 Å². The Morgan fingerprint density at radius 2 is 2.45 bits per heavy atom. The number of hydrogen-bond donors (Lipinski definition) is 0. The first-order chi connectivity index (χ1) is 9.76. The van der Waals surface area contributed by atoms with Gasteiger partial charge in [0.1, 0.15) is 11.7 Å². The van der Waals surface area contributed by atoms with Gasteiger partial charge in [-0.15, -0.1) is 0 Å². The molecule has 2 aromatic rings. The molecule has 0 spiro atoms. The van der Waals surface area contributed by atoms with E-state index in [1.807, 2.05) is 6.20 Å². The first kappa shape index (κ1) is 11.7. The van der Waals surface area contributed by atoms with Crippen molar-refractivity contribution in [2.75, 3.05) is 6.61 Å². The van der Waals surface area contributed by atoms with Gasteiger partial charge in [0.05, 0.1) is 24.7 Å². The number of ether oxygens (including phenoxy) is 2.